The van der Waals surface area contributed by atoms with Crippen LogP contribution in [0, 0.1) is 0 Å². The number of hydrogen-bond acceptors (Lipinski definition) is 5. The van der Waals surface area contributed by atoms with Crippen LogP contribution in [0.3, 0.4) is 0 Å². The van der Waals surface area contributed by atoms with Crippen molar-refractivity contribution >= 4 is 40.9 Å². The normalized spacial score (nSPS) is 14.2. The second-order valence-electron chi connectivity index (χ2n) is 7.79. The van der Waals surface area contributed by atoms with Crippen molar-refractivity contribution in [3.8, 4) is 11.4 Å². The summed E-state index contributed by atoms with van der Waals surface area (Å²) in [6.45, 7) is 0.391. The number of benzene rings is 2. The number of thioether (sulfide) groups is 1. The molecule has 2 aromatic heterocycles. The molecule has 1 aliphatic rings. The summed E-state index contributed by atoms with van der Waals surface area (Å²) in [5.41, 5.74) is 1.60. The third-order valence-electron chi connectivity index (χ3n) is 5.27. The molecule has 6 nitrogen and oxygen atoms in total. The van der Waals surface area contributed by atoms with E-state index in [1.807, 2.05) is 53.1 Å². The fourth-order valence-corrected chi connectivity index (χ4v) is 5.00. The average Bonchev–Trinajstić information content (AvgIpc) is 3.31. The monoisotopic (exact) mass is 498 g/mol. The van der Waals surface area contributed by atoms with Gasteiger partial charge in [-0.1, -0.05) is 65.3 Å². The molecule has 0 saturated heterocycles. The minimum absolute atomic E-state index is 0.0349. The highest BCUT2D eigenvalue weighted by Crippen LogP contribution is 2.38. The van der Waals surface area contributed by atoms with Gasteiger partial charge < -0.3 is 9.73 Å². The van der Waals surface area contributed by atoms with Gasteiger partial charge >= 0.3 is 0 Å². The molecule has 2 heterocycles. The Morgan fingerprint density at radius 2 is 1.94 bits per heavy atom. The average molecular weight is 499 g/mol. The molecule has 0 spiro atoms. The first-order valence-electron chi connectivity index (χ1n) is 10.5. The zero-order valence-corrected chi connectivity index (χ0v) is 19.8. The predicted molar refractivity (Wildman–Crippen MR) is 129 cm³/mol. The zero-order chi connectivity index (χ0) is 22.8. The molecular formula is C24H20Cl2N4O2S. The molecule has 0 aliphatic heterocycles. The molecule has 0 bridgehead atoms. The Morgan fingerprint density at radius 1 is 1.12 bits per heavy atom. The van der Waals surface area contributed by atoms with Crippen molar-refractivity contribution in [1.82, 2.24) is 20.1 Å². The minimum Gasteiger partial charge on any atom is -0.467 e. The van der Waals surface area contributed by atoms with Crippen LogP contribution in [0.2, 0.25) is 10.0 Å². The Kier molecular flexibility index (Phi) is 6.44. The molecule has 9 heteroatoms. The third-order valence-corrected chi connectivity index (χ3v) is 7.05. The fourth-order valence-electron chi connectivity index (χ4n) is 3.46. The summed E-state index contributed by atoms with van der Waals surface area (Å²) in [6, 6.07) is 18.9. The first kappa shape index (κ1) is 22.1. The zero-order valence-electron chi connectivity index (χ0n) is 17.4. The topological polar surface area (TPSA) is 73.0 Å². The van der Waals surface area contributed by atoms with Crippen LogP contribution in [0.25, 0.3) is 11.4 Å². The number of amides is 1. The van der Waals surface area contributed by atoms with Crippen LogP contribution in [0.5, 0.6) is 0 Å². The van der Waals surface area contributed by atoms with Gasteiger partial charge in [-0.3, -0.25) is 9.36 Å². The van der Waals surface area contributed by atoms with Gasteiger partial charge in [0, 0.05) is 16.6 Å². The second kappa shape index (κ2) is 9.63. The van der Waals surface area contributed by atoms with Crippen LogP contribution in [0.4, 0.5) is 0 Å². The van der Waals surface area contributed by atoms with E-state index in [0.29, 0.717) is 33.1 Å². The van der Waals surface area contributed by atoms with Crippen molar-refractivity contribution in [3.05, 3.63) is 88.3 Å². The van der Waals surface area contributed by atoms with E-state index in [-0.39, 0.29) is 11.9 Å². The summed E-state index contributed by atoms with van der Waals surface area (Å²) in [5.74, 6) is 1.28. The Hall–Kier alpha value is -2.74. The van der Waals surface area contributed by atoms with E-state index in [9.17, 15) is 4.79 Å². The molecule has 168 valence electrons. The van der Waals surface area contributed by atoms with Gasteiger partial charge in [0.05, 0.1) is 17.8 Å². The lowest BCUT2D eigenvalue weighted by molar-refractivity contribution is -0.120. The molecule has 1 fully saturated rings. The molecule has 5 rings (SSSR count). The van der Waals surface area contributed by atoms with Crippen molar-refractivity contribution < 1.29 is 9.21 Å². The Morgan fingerprint density at radius 3 is 2.64 bits per heavy atom. The van der Waals surface area contributed by atoms with Crippen molar-refractivity contribution in [1.29, 1.82) is 0 Å². The number of aromatic nitrogens is 3. The summed E-state index contributed by atoms with van der Waals surface area (Å²) in [7, 11) is 0. The van der Waals surface area contributed by atoms with Gasteiger partial charge in [0.2, 0.25) is 5.91 Å². The maximum Gasteiger partial charge on any atom is 0.238 e. The third kappa shape index (κ3) is 5.11. The summed E-state index contributed by atoms with van der Waals surface area (Å²) in [6.07, 6.45) is 3.66. The van der Waals surface area contributed by atoms with E-state index in [2.05, 4.69) is 15.5 Å². The number of carbonyl (C=O) groups excluding carboxylic acids is 1. The van der Waals surface area contributed by atoms with Gasteiger partial charge in [-0.2, -0.15) is 0 Å². The fraction of sp³-hybridized carbons (Fsp3) is 0.208. The van der Waals surface area contributed by atoms with E-state index >= 15 is 0 Å². The molecule has 1 aliphatic carbocycles. The summed E-state index contributed by atoms with van der Waals surface area (Å²) in [5, 5.41) is 13.1. The second-order valence-corrected chi connectivity index (χ2v) is 9.70. The number of hydrogen-bond donors (Lipinski definition) is 1. The SMILES string of the molecule is O=C(NC1CC1)C(Sc1nnc(-c2ccc(Cl)cc2Cl)n1Cc1ccco1)c1ccccc1. The van der Waals surface area contributed by atoms with Crippen LogP contribution in [0.15, 0.2) is 76.5 Å². The van der Waals surface area contributed by atoms with Crippen molar-refractivity contribution in [2.45, 2.75) is 35.8 Å². The standard InChI is InChI=1S/C24H20Cl2N4O2S/c25-16-8-11-19(20(26)13-16)22-28-29-24(30(22)14-18-7-4-12-32-18)33-21(15-5-2-1-3-6-15)23(31)27-17-9-10-17/h1-8,11-13,17,21H,9-10,14H2,(H,27,31). The molecule has 1 saturated carbocycles. The minimum atomic E-state index is -0.472. The molecule has 4 aromatic rings. The number of carbonyl (C=O) groups is 1. The quantitative estimate of drug-likeness (QED) is 0.301. The van der Waals surface area contributed by atoms with E-state index in [1.165, 1.54) is 11.8 Å². The summed E-state index contributed by atoms with van der Waals surface area (Å²) >= 11 is 13.9. The van der Waals surface area contributed by atoms with Crippen LogP contribution in [-0.4, -0.2) is 26.7 Å². The van der Waals surface area contributed by atoms with E-state index < -0.39 is 5.25 Å². The van der Waals surface area contributed by atoms with Gasteiger partial charge in [-0.15, -0.1) is 10.2 Å². The maximum absolute atomic E-state index is 13.2. The Balaban J connectivity index is 1.54. The maximum atomic E-state index is 13.2. The van der Waals surface area contributed by atoms with Crippen LogP contribution < -0.4 is 5.32 Å². The lowest BCUT2D eigenvalue weighted by Crippen LogP contribution is -2.30. The Labute approximate surface area is 205 Å². The number of furan rings is 1. The smallest absolute Gasteiger partial charge is 0.238 e. The molecule has 1 amide bonds. The highest BCUT2D eigenvalue weighted by molar-refractivity contribution is 8.00. The number of nitrogens with zero attached hydrogens (tertiary/aromatic N) is 3. The molecule has 2 aromatic carbocycles. The number of halogens is 2. The van der Waals surface area contributed by atoms with Gasteiger partial charge in [0.25, 0.3) is 0 Å². The first-order valence-corrected chi connectivity index (χ1v) is 12.1. The first-order chi connectivity index (χ1) is 16.1. The van der Waals surface area contributed by atoms with Gasteiger partial charge in [0.15, 0.2) is 11.0 Å². The van der Waals surface area contributed by atoms with E-state index in [0.717, 1.165) is 24.2 Å². The molecule has 1 atom stereocenters. The highest BCUT2D eigenvalue weighted by atomic mass is 35.5. The Bertz CT molecular complexity index is 1260. The van der Waals surface area contributed by atoms with Crippen LogP contribution in [0.1, 0.15) is 29.4 Å². The van der Waals surface area contributed by atoms with E-state index in [1.54, 1.807) is 18.4 Å². The van der Waals surface area contributed by atoms with Gasteiger partial charge in [0.1, 0.15) is 11.0 Å². The van der Waals surface area contributed by atoms with Crippen LogP contribution >= 0.6 is 35.0 Å². The largest absolute Gasteiger partial charge is 0.467 e. The molecule has 1 unspecified atom stereocenters. The highest BCUT2D eigenvalue weighted by Gasteiger charge is 2.31. The summed E-state index contributed by atoms with van der Waals surface area (Å²) in [4.78, 5) is 13.2. The van der Waals surface area contributed by atoms with Crippen molar-refractivity contribution in [2.75, 3.05) is 0 Å². The van der Waals surface area contributed by atoms with E-state index in [4.69, 9.17) is 27.6 Å². The number of rotatable bonds is 8. The predicted octanol–water partition coefficient (Wildman–Crippen LogP) is 6.01. The molecule has 1 N–H and O–H groups in total. The van der Waals surface area contributed by atoms with Crippen molar-refractivity contribution in [2.24, 2.45) is 0 Å². The molecule has 0 radical (unpaired) electrons. The number of nitrogens with one attached hydrogen (secondary N) is 1. The summed E-state index contributed by atoms with van der Waals surface area (Å²) < 4.78 is 7.50. The lowest BCUT2D eigenvalue weighted by Gasteiger charge is -2.17. The lowest BCUT2D eigenvalue weighted by atomic mass is 10.1. The molecule has 33 heavy (non-hydrogen) atoms. The van der Waals surface area contributed by atoms with Gasteiger partial charge in [-0.25, -0.2) is 0 Å². The van der Waals surface area contributed by atoms with Crippen LogP contribution in [-0.2, 0) is 11.3 Å². The molecular weight excluding hydrogens is 479 g/mol. The van der Waals surface area contributed by atoms with Gasteiger partial charge in [-0.05, 0) is 48.7 Å². The van der Waals surface area contributed by atoms with Crippen molar-refractivity contribution in [3.63, 3.8) is 0 Å².